The third-order valence-electron chi connectivity index (χ3n) is 3.06. The monoisotopic (exact) mass is 315 g/mol. The SMILES string of the molecule is NC(=O)c1cc(NC(=O)Cc2ccc(F)cc2)cc(C(N)=O)c1. The predicted octanol–water partition coefficient (Wildman–Crippen LogP) is 1.20. The molecule has 0 spiro atoms. The van der Waals surface area contributed by atoms with E-state index >= 15 is 0 Å². The molecule has 0 aromatic heterocycles. The van der Waals surface area contributed by atoms with Crippen molar-refractivity contribution in [3.8, 4) is 0 Å². The van der Waals surface area contributed by atoms with Gasteiger partial charge < -0.3 is 16.8 Å². The zero-order chi connectivity index (χ0) is 17.0. The van der Waals surface area contributed by atoms with Gasteiger partial charge in [0, 0.05) is 16.8 Å². The first-order valence-electron chi connectivity index (χ1n) is 6.64. The van der Waals surface area contributed by atoms with Crippen LogP contribution in [0.1, 0.15) is 26.3 Å². The highest BCUT2D eigenvalue weighted by molar-refractivity contribution is 6.01. The van der Waals surface area contributed by atoms with Gasteiger partial charge in [0.1, 0.15) is 5.82 Å². The van der Waals surface area contributed by atoms with Crippen LogP contribution < -0.4 is 16.8 Å². The fraction of sp³-hybridized carbons (Fsp3) is 0.0625. The summed E-state index contributed by atoms with van der Waals surface area (Å²) in [6, 6.07) is 9.42. The Labute approximate surface area is 131 Å². The Balaban J connectivity index is 2.18. The van der Waals surface area contributed by atoms with E-state index in [4.69, 9.17) is 11.5 Å². The van der Waals surface area contributed by atoms with Crippen LogP contribution in [0.3, 0.4) is 0 Å². The summed E-state index contributed by atoms with van der Waals surface area (Å²) in [6.07, 6.45) is 0.00693. The number of nitrogens with two attached hydrogens (primary N) is 2. The van der Waals surface area contributed by atoms with E-state index in [2.05, 4.69) is 5.32 Å². The molecule has 0 fully saturated rings. The maximum atomic E-state index is 12.8. The molecule has 3 amide bonds. The molecule has 0 bridgehead atoms. The van der Waals surface area contributed by atoms with Crippen molar-refractivity contribution in [2.45, 2.75) is 6.42 Å². The second-order valence-corrected chi connectivity index (χ2v) is 4.88. The molecular weight excluding hydrogens is 301 g/mol. The van der Waals surface area contributed by atoms with Crippen molar-refractivity contribution < 1.29 is 18.8 Å². The summed E-state index contributed by atoms with van der Waals surface area (Å²) in [5.41, 5.74) is 11.3. The lowest BCUT2D eigenvalue weighted by Gasteiger charge is -2.08. The molecule has 0 atom stereocenters. The van der Waals surface area contributed by atoms with E-state index in [-0.39, 0.29) is 23.2 Å². The number of primary amides is 2. The fourth-order valence-electron chi connectivity index (χ4n) is 1.98. The van der Waals surface area contributed by atoms with Gasteiger partial charge >= 0.3 is 0 Å². The lowest BCUT2D eigenvalue weighted by atomic mass is 10.1. The molecule has 0 aliphatic heterocycles. The Hall–Kier alpha value is -3.22. The van der Waals surface area contributed by atoms with E-state index in [0.717, 1.165) is 0 Å². The molecule has 118 valence electrons. The van der Waals surface area contributed by atoms with E-state index in [0.29, 0.717) is 5.56 Å². The summed E-state index contributed by atoms with van der Waals surface area (Å²) in [5.74, 6) is -2.28. The molecule has 7 heteroatoms. The Bertz CT molecular complexity index is 740. The van der Waals surface area contributed by atoms with Gasteiger partial charge in [-0.2, -0.15) is 0 Å². The second-order valence-electron chi connectivity index (χ2n) is 4.88. The fourth-order valence-corrected chi connectivity index (χ4v) is 1.98. The van der Waals surface area contributed by atoms with Gasteiger partial charge in [-0.15, -0.1) is 0 Å². The Morgan fingerprint density at radius 2 is 1.43 bits per heavy atom. The first-order valence-corrected chi connectivity index (χ1v) is 6.64. The summed E-state index contributed by atoms with van der Waals surface area (Å²) in [7, 11) is 0. The van der Waals surface area contributed by atoms with Crippen LogP contribution in [0.4, 0.5) is 10.1 Å². The van der Waals surface area contributed by atoms with E-state index in [1.807, 2.05) is 0 Å². The first-order chi connectivity index (χ1) is 10.8. The highest BCUT2D eigenvalue weighted by atomic mass is 19.1. The van der Waals surface area contributed by atoms with Crippen LogP contribution in [0.5, 0.6) is 0 Å². The van der Waals surface area contributed by atoms with E-state index < -0.39 is 23.5 Å². The summed E-state index contributed by atoms with van der Waals surface area (Å²) < 4.78 is 12.8. The quantitative estimate of drug-likeness (QED) is 0.770. The number of anilines is 1. The van der Waals surface area contributed by atoms with Gasteiger partial charge in [0.05, 0.1) is 6.42 Å². The van der Waals surface area contributed by atoms with Crippen LogP contribution in [-0.2, 0) is 11.2 Å². The van der Waals surface area contributed by atoms with Crippen LogP contribution in [-0.4, -0.2) is 17.7 Å². The van der Waals surface area contributed by atoms with E-state index in [9.17, 15) is 18.8 Å². The molecule has 0 radical (unpaired) electrons. The van der Waals surface area contributed by atoms with Crippen molar-refractivity contribution >= 4 is 23.4 Å². The predicted molar refractivity (Wildman–Crippen MR) is 82.2 cm³/mol. The molecule has 2 aromatic carbocycles. The van der Waals surface area contributed by atoms with Gasteiger partial charge in [-0.05, 0) is 35.9 Å². The molecule has 2 rings (SSSR count). The number of carbonyl (C=O) groups is 3. The molecule has 0 saturated carbocycles. The Morgan fingerprint density at radius 3 is 1.91 bits per heavy atom. The molecule has 6 nitrogen and oxygen atoms in total. The zero-order valence-corrected chi connectivity index (χ0v) is 12.0. The summed E-state index contributed by atoms with van der Waals surface area (Å²) in [6.45, 7) is 0. The largest absolute Gasteiger partial charge is 0.366 e. The topological polar surface area (TPSA) is 115 Å². The molecule has 2 aromatic rings. The van der Waals surface area contributed by atoms with Crippen LogP contribution in [0.2, 0.25) is 0 Å². The molecule has 0 aliphatic carbocycles. The normalized spacial score (nSPS) is 10.1. The summed E-state index contributed by atoms with van der Waals surface area (Å²) in [4.78, 5) is 34.5. The van der Waals surface area contributed by atoms with Crippen LogP contribution in [0.15, 0.2) is 42.5 Å². The molecule has 0 unspecified atom stereocenters. The van der Waals surface area contributed by atoms with E-state index in [1.54, 1.807) is 0 Å². The minimum Gasteiger partial charge on any atom is -0.366 e. The maximum absolute atomic E-state index is 12.8. The number of rotatable bonds is 5. The first kappa shape index (κ1) is 16.2. The average Bonchev–Trinajstić information content (AvgIpc) is 2.49. The van der Waals surface area contributed by atoms with Crippen molar-refractivity contribution in [2.24, 2.45) is 11.5 Å². The molecule has 0 saturated heterocycles. The number of amides is 3. The van der Waals surface area contributed by atoms with Crippen molar-refractivity contribution in [3.05, 3.63) is 65.0 Å². The molecule has 5 N–H and O–H groups in total. The number of hydrogen-bond donors (Lipinski definition) is 3. The third-order valence-corrected chi connectivity index (χ3v) is 3.06. The van der Waals surface area contributed by atoms with Crippen LogP contribution >= 0.6 is 0 Å². The molecular formula is C16H14FN3O3. The highest BCUT2D eigenvalue weighted by Gasteiger charge is 2.11. The van der Waals surface area contributed by atoms with Crippen molar-refractivity contribution in [1.29, 1.82) is 0 Å². The van der Waals surface area contributed by atoms with Gasteiger partial charge in [-0.1, -0.05) is 12.1 Å². The lowest BCUT2D eigenvalue weighted by Crippen LogP contribution is -2.19. The number of hydrogen-bond acceptors (Lipinski definition) is 3. The molecule has 23 heavy (non-hydrogen) atoms. The average molecular weight is 315 g/mol. The van der Waals surface area contributed by atoms with Crippen LogP contribution in [0, 0.1) is 5.82 Å². The van der Waals surface area contributed by atoms with Gasteiger partial charge in [-0.25, -0.2) is 4.39 Å². The third kappa shape index (κ3) is 4.37. The maximum Gasteiger partial charge on any atom is 0.248 e. The zero-order valence-electron chi connectivity index (χ0n) is 12.0. The summed E-state index contributed by atoms with van der Waals surface area (Å²) >= 11 is 0. The van der Waals surface area contributed by atoms with Gasteiger partial charge in [0.2, 0.25) is 17.7 Å². The highest BCUT2D eigenvalue weighted by Crippen LogP contribution is 2.15. The number of nitrogens with one attached hydrogen (secondary N) is 1. The standard InChI is InChI=1S/C16H14FN3O3/c17-12-3-1-9(2-4-12)5-14(21)20-13-7-10(15(18)22)6-11(8-13)16(19)23/h1-4,6-8H,5H2,(H2,18,22)(H2,19,23)(H,20,21). The Kier molecular flexibility index (Phi) is 4.70. The Morgan fingerprint density at radius 1 is 0.913 bits per heavy atom. The van der Waals surface area contributed by atoms with Crippen molar-refractivity contribution in [3.63, 3.8) is 0 Å². The smallest absolute Gasteiger partial charge is 0.248 e. The molecule has 0 heterocycles. The number of halogens is 1. The minimum atomic E-state index is -0.748. The molecule has 0 aliphatic rings. The minimum absolute atomic E-state index is 0.00693. The summed E-state index contributed by atoms with van der Waals surface area (Å²) in [5, 5.41) is 2.55. The van der Waals surface area contributed by atoms with Gasteiger partial charge in [0.25, 0.3) is 0 Å². The van der Waals surface area contributed by atoms with Crippen molar-refractivity contribution in [1.82, 2.24) is 0 Å². The van der Waals surface area contributed by atoms with E-state index in [1.165, 1.54) is 42.5 Å². The number of carbonyl (C=O) groups excluding carboxylic acids is 3. The van der Waals surface area contributed by atoms with Gasteiger partial charge in [-0.3, -0.25) is 14.4 Å². The van der Waals surface area contributed by atoms with Gasteiger partial charge in [0.15, 0.2) is 0 Å². The van der Waals surface area contributed by atoms with Crippen molar-refractivity contribution in [2.75, 3.05) is 5.32 Å². The number of benzene rings is 2. The van der Waals surface area contributed by atoms with Crippen LogP contribution in [0.25, 0.3) is 0 Å². The lowest BCUT2D eigenvalue weighted by molar-refractivity contribution is -0.115. The second kappa shape index (κ2) is 6.69.